The number of carboxylic acid groups (broad SMARTS) is 1. The molecule has 108 valence electrons. The molecule has 1 unspecified atom stereocenters. The number of amides is 1. The van der Waals surface area contributed by atoms with Gasteiger partial charge in [0.05, 0.1) is 12.2 Å². The van der Waals surface area contributed by atoms with Crippen molar-refractivity contribution in [2.75, 3.05) is 18.1 Å². The van der Waals surface area contributed by atoms with Gasteiger partial charge in [0.2, 0.25) is 5.91 Å². The first-order valence-corrected chi connectivity index (χ1v) is 6.55. The summed E-state index contributed by atoms with van der Waals surface area (Å²) in [6.45, 7) is 2.57. The summed E-state index contributed by atoms with van der Waals surface area (Å²) in [6, 6.07) is 4.75. The van der Waals surface area contributed by atoms with Crippen molar-refractivity contribution in [2.24, 2.45) is 5.73 Å². The number of carboxylic acids is 1. The number of ether oxygens (including phenoxy) is 1. The fourth-order valence-electron chi connectivity index (χ4n) is 2.16. The van der Waals surface area contributed by atoms with Gasteiger partial charge in [0.25, 0.3) is 0 Å². The van der Waals surface area contributed by atoms with Crippen molar-refractivity contribution in [1.29, 1.82) is 0 Å². The van der Waals surface area contributed by atoms with Crippen molar-refractivity contribution in [3.8, 4) is 5.75 Å². The van der Waals surface area contributed by atoms with Gasteiger partial charge >= 0.3 is 5.97 Å². The van der Waals surface area contributed by atoms with Crippen LogP contribution in [0, 0.1) is 0 Å². The van der Waals surface area contributed by atoms with Gasteiger partial charge in [-0.3, -0.25) is 4.79 Å². The third-order valence-electron chi connectivity index (χ3n) is 3.19. The number of carbonyl (C=O) groups excluding carboxylic acids is 1. The Balaban J connectivity index is 2.26. The molecule has 1 aromatic rings. The van der Waals surface area contributed by atoms with Gasteiger partial charge in [-0.05, 0) is 25.5 Å². The van der Waals surface area contributed by atoms with Crippen molar-refractivity contribution in [2.45, 2.75) is 25.8 Å². The van der Waals surface area contributed by atoms with Crippen LogP contribution in [0.2, 0.25) is 0 Å². The third-order valence-corrected chi connectivity index (χ3v) is 3.19. The lowest BCUT2D eigenvalue weighted by Crippen LogP contribution is -2.38. The topological polar surface area (TPSA) is 92.9 Å². The predicted molar refractivity (Wildman–Crippen MR) is 74.1 cm³/mol. The van der Waals surface area contributed by atoms with Gasteiger partial charge in [-0.15, -0.1) is 0 Å². The highest BCUT2D eigenvalue weighted by Crippen LogP contribution is 2.35. The molecule has 0 aliphatic carbocycles. The van der Waals surface area contributed by atoms with Crippen LogP contribution < -0.4 is 15.4 Å². The maximum absolute atomic E-state index is 12.2. The van der Waals surface area contributed by atoms with E-state index >= 15 is 0 Å². The smallest absolute Gasteiger partial charge is 0.339 e. The second kappa shape index (κ2) is 5.92. The van der Waals surface area contributed by atoms with Gasteiger partial charge in [0, 0.05) is 12.5 Å². The van der Waals surface area contributed by atoms with Gasteiger partial charge in [-0.1, -0.05) is 6.07 Å². The van der Waals surface area contributed by atoms with E-state index in [0.717, 1.165) is 0 Å². The second-order valence-corrected chi connectivity index (χ2v) is 4.87. The van der Waals surface area contributed by atoms with Crippen molar-refractivity contribution in [3.63, 3.8) is 0 Å². The monoisotopic (exact) mass is 278 g/mol. The summed E-state index contributed by atoms with van der Waals surface area (Å²) in [5.74, 6) is -0.860. The Hall–Kier alpha value is -2.08. The van der Waals surface area contributed by atoms with Crippen LogP contribution in [0.25, 0.3) is 0 Å². The molecule has 0 saturated heterocycles. The molecule has 2 rings (SSSR count). The molecule has 1 aliphatic rings. The number of nitrogens with zero attached hydrogens (tertiary/aromatic N) is 1. The van der Waals surface area contributed by atoms with Crippen LogP contribution in [0.15, 0.2) is 18.2 Å². The highest BCUT2D eigenvalue weighted by molar-refractivity contribution is 6.00. The minimum Gasteiger partial charge on any atom is -0.489 e. The Morgan fingerprint density at radius 3 is 2.90 bits per heavy atom. The molecule has 1 aliphatic heterocycles. The lowest BCUT2D eigenvalue weighted by molar-refractivity contribution is -0.119. The van der Waals surface area contributed by atoms with E-state index in [4.69, 9.17) is 15.6 Å². The molecule has 1 amide bonds. The highest BCUT2D eigenvalue weighted by atomic mass is 16.5. The van der Waals surface area contributed by atoms with Gasteiger partial charge < -0.3 is 20.5 Å². The fraction of sp³-hybridized carbons (Fsp3) is 0.429. The molecule has 0 fully saturated rings. The molecule has 0 saturated carbocycles. The standard InChI is InChI=1S/C14H18N2O4/c1-9(15)5-6-12(17)16-7-8-20-13-10(14(18)19)3-2-4-11(13)16/h2-4,9H,5-8,15H2,1H3,(H,18,19). The molecule has 1 aromatic carbocycles. The number of hydrogen-bond donors (Lipinski definition) is 2. The number of rotatable bonds is 4. The van der Waals surface area contributed by atoms with Gasteiger partial charge in [0.1, 0.15) is 12.2 Å². The van der Waals surface area contributed by atoms with Crippen molar-refractivity contribution < 1.29 is 19.4 Å². The largest absolute Gasteiger partial charge is 0.489 e. The summed E-state index contributed by atoms with van der Waals surface area (Å²) in [5, 5.41) is 9.14. The average Bonchev–Trinajstić information content (AvgIpc) is 2.43. The number of carbonyl (C=O) groups is 2. The van der Waals surface area contributed by atoms with Crippen LogP contribution in [0.1, 0.15) is 30.1 Å². The van der Waals surface area contributed by atoms with E-state index in [1.54, 1.807) is 17.0 Å². The molecule has 20 heavy (non-hydrogen) atoms. The van der Waals surface area contributed by atoms with E-state index in [2.05, 4.69) is 0 Å². The summed E-state index contributed by atoms with van der Waals surface area (Å²) in [6.07, 6.45) is 0.943. The number of aromatic carboxylic acids is 1. The first-order chi connectivity index (χ1) is 9.50. The number of para-hydroxylation sites is 1. The van der Waals surface area contributed by atoms with E-state index in [9.17, 15) is 9.59 Å². The molecule has 0 radical (unpaired) electrons. The minimum atomic E-state index is -1.06. The van der Waals surface area contributed by atoms with Crippen molar-refractivity contribution in [1.82, 2.24) is 0 Å². The Bertz CT molecular complexity index is 528. The summed E-state index contributed by atoms with van der Waals surface area (Å²) in [7, 11) is 0. The zero-order valence-electron chi connectivity index (χ0n) is 11.3. The van der Waals surface area contributed by atoms with Gasteiger partial charge in [-0.2, -0.15) is 0 Å². The molecule has 1 atom stereocenters. The van der Waals surface area contributed by atoms with Gasteiger partial charge in [0.15, 0.2) is 5.75 Å². The first-order valence-electron chi connectivity index (χ1n) is 6.55. The molecule has 6 nitrogen and oxygen atoms in total. The van der Waals surface area contributed by atoms with Crippen LogP contribution >= 0.6 is 0 Å². The van der Waals surface area contributed by atoms with Crippen molar-refractivity contribution >= 4 is 17.6 Å². The summed E-state index contributed by atoms with van der Waals surface area (Å²) < 4.78 is 5.42. The number of nitrogens with two attached hydrogens (primary N) is 1. The molecular weight excluding hydrogens is 260 g/mol. The van der Waals surface area contributed by atoms with Crippen molar-refractivity contribution in [3.05, 3.63) is 23.8 Å². The molecule has 6 heteroatoms. The van der Waals surface area contributed by atoms with Crippen LogP contribution in [0.4, 0.5) is 5.69 Å². The lowest BCUT2D eigenvalue weighted by Gasteiger charge is -2.30. The number of benzene rings is 1. The first kappa shape index (κ1) is 14.3. The Kier molecular flexibility index (Phi) is 4.24. The Morgan fingerprint density at radius 1 is 1.50 bits per heavy atom. The lowest BCUT2D eigenvalue weighted by atomic mass is 10.1. The Labute approximate surface area is 117 Å². The molecule has 0 bridgehead atoms. The van der Waals surface area contributed by atoms with Crippen LogP contribution in [0.5, 0.6) is 5.75 Å². The summed E-state index contributed by atoms with van der Waals surface area (Å²) in [4.78, 5) is 25.0. The zero-order valence-corrected chi connectivity index (χ0v) is 11.3. The van der Waals surface area contributed by atoms with E-state index < -0.39 is 5.97 Å². The molecule has 1 heterocycles. The zero-order chi connectivity index (χ0) is 14.7. The van der Waals surface area contributed by atoms with E-state index in [-0.39, 0.29) is 23.3 Å². The maximum Gasteiger partial charge on any atom is 0.339 e. The number of fused-ring (bicyclic) bond motifs is 1. The molecule has 0 spiro atoms. The van der Waals surface area contributed by atoms with E-state index in [0.29, 0.717) is 31.7 Å². The normalized spacial score (nSPS) is 15.2. The van der Waals surface area contributed by atoms with Crippen LogP contribution in [-0.4, -0.2) is 36.2 Å². The fourth-order valence-corrected chi connectivity index (χ4v) is 2.16. The summed E-state index contributed by atoms with van der Waals surface area (Å²) >= 11 is 0. The number of anilines is 1. The molecular formula is C14H18N2O4. The molecule has 3 N–H and O–H groups in total. The SMILES string of the molecule is CC(N)CCC(=O)N1CCOc2c(C(=O)O)cccc21. The number of hydrogen-bond acceptors (Lipinski definition) is 4. The average molecular weight is 278 g/mol. The maximum atomic E-state index is 12.2. The predicted octanol–water partition coefficient (Wildman–Crippen LogP) is 1.24. The van der Waals surface area contributed by atoms with Gasteiger partial charge in [-0.25, -0.2) is 4.79 Å². The minimum absolute atomic E-state index is 0.0372. The highest BCUT2D eigenvalue weighted by Gasteiger charge is 2.27. The van der Waals surface area contributed by atoms with Crippen LogP contribution in [-0.2, 0) is 4.79 Å². The molecule has 0 aromatic heterocycles. The quantitative estimate of drug-likeness (QED) is 0.864. The Morgan fingerprint density at radius 2 is 2.25 bits per heavy atom. The van der Waals surface area contributed by atoms with E-state index in [1.807, 2.05) is 6.92 Å². The second-order valence-electron chi connectivity index (χ2n) is 4.87. The van der Waals surface area contributed by atoms with Crippen LogP contribution in [0.3, 0.4) is 0 Å². The van der Waals surface area contributed by atoms with E-state index in [1.165, 1.54) is 6.07 Å². The summed E-state index contributed by atoms with van der Waals surface area (Å²) in [5.41, 5.74) is 6.25. The third kappa shape index (κ3) is 2.91.